The zero-order valence-corrected chi connectivity index (χ0v) is 11.4. The Balaban J connectivity index is 2.19. The van der Waals surface area contributed by atoms with Crippen molar-refractivity contribution in [3.05, 3.63) is 23.0 Å². The smallest absolute Gasteiger partial charge is 0.311 e. The maximum atomic E-state index is 12.3. The molecule has 1 aliphatic heterocycles. The first-order valence-corrected chi connectivity index (χ1v) is 6.19. The van der Waals surface area contributed by atoms with Crippen molar-refractivity contribution in [2.75, 3.05) is 20.3 Å². The van der Waals surface area contributed by atoms with Gasteiger partial charge >= 0.3 is 5.97 Å². The van der Waals surface area contributed by atoms with E-state index in [1.807, 2.05) is 0 Å². The lowest BCUT2D eigenvalue weighted by Gasteiger charge is -2.26. The topological polar surface area (TPSA) is 71.8 Å². The number of carbonyl (C=O) groups is 2. The van der Waals surface area contributed by atoms with Gasteiger partial charge in [-0.25, -0.2) is 0 Å². The Morgan fingerprint density at radius 3 is 2.74 bits per heavy atom. The number of aryl methyl sites for hydroxylation is 1. The fraction of sp³-hybridized carbons (Fsp3) is 0.500. The molecule has 0 saturated carbocycles. The van der Waals surface area contributed by atoms with E-state index in [9.17, 15) is 9.59 Å². The first-order chi connectivity index (χ1) is 8.91. The summed E-state index contributed by atoms with van der Waals surface area (Å²) >= 11 is 5.84. The number of carboxylic acids is 1. The van der Waals surface area contributed by atoms with Crippen molar-refractivity contribution in [2.45, 2.75) is 6.04 Å². The molecule has 0 aromatic carbocycles. The van der Waals surface area contributed by atoms with Crippen LogP contribution in [0, 0.1) is 5.92 Å². The van der Waals surface area contributed by atoms with E-state index in [2.05, 4.69) is 0 Å². The number of carbonyl (C=O) groups excluding carboxylic acids is 1. The fourth-order valence-corrected chi connectivity index (χ4v) is 2.48. The molecule has 0 radical (unpaired) electrons. The summed E-state index contributed by atoms with van der Waals surface area (Å²) in [6.07, 6.45) is 1.63. The van der Waals surface area contributed by atoms with Gasteiger partial charge in [0.1, 0.15) is 11.6 Å². The number of halogens is 1. The molecule has 6 nitrogen and oxygen atoms in total. The Kier molecular flexibility index (Phi) is 3.82. The van der Waals surface area contributed by atoms with Crippen molar-refractivity contribution in [2.24, 2.45) is 13.0 Å². The average Bonchev–Trinajstić information content (AvgIpc) is 2.93. The second-order valence-electron chi connectivity index (χ2n) is 4.62. The lowest BCUT2D eigenvalue weighted by molar-refractivity contribution is -0.142. The van der Waals surface area contributed by atoms with Gasteiger partial charge in [0.05, 0.1) is 24.3 Å². The Morgan fingerprint density at radius 1 is 1.53 bits per heavy atom. The molecule has 0 bridgehead atoms. The number of likely N-dealkylation sites (N-methyl/N-ethyl adjacent to an activating group) is 1. The zero-order valence-electron chi connectivity index (χ0n) is 10.7. The second kappa shape index (κ2) is 5.22. The van der Waals surface area contributed by atoms with Crippen LogP contribution in [-0.2, 0) is 16.6 Å². The Bertz CT molecular complexity index is 514. The molecule has 104 valence electrons. The van der Waals surface area contributed by atoms with Gasteiger partial charge in [0, 0.05) is 20.3 Å². The minimum Gasteiger partial charge on any atom is -0.481 e. The normalized spacial score (nSPS) is 22.5. The summed E-state index contributed by atoms with van der Waals surface area (Å²) in [6.45, 7) is 0.364. The van der Waals surface area contributed by atoms with E-state index in [0.29, 0.717) is 10.7 Å². The van der Waals surface area contributed by atoms with Crippen molar-refractivity contribution in [3.8, 4) is 0 Å². The molecule has 2 unspecified atom stereocenters. The molecule has 1 amide bonds. The van der Waals surface area contributed by atoms with Crippen LogP contribution in [0.25, 0.3) is 0 Å². The minimum absolute atomic E-state index is 0.130. The van der Waals surface area contributed by atoms with E-state index in [0.717, 1.165) is 0 Å². The molecule has 7 heteroatoms. The first kappa shape index (κ1) is 13.9. The van der Waals surface area contributed by atoms with Crippen LogP contribution >= 0.6 is 11.6 Å². The van der Waals surface area contributed by atoms with Crippen LogP contribution in [0.5, 0.6) is 0 Å². The molecule has 1 fully saturated rings. The first-order valence-electron chi connectivity index (χ1n) is 5.81. The quantitative estimate of drug-likeness (QED) is 0.894. The standard InChI is InChI=1S/C12H15ClN2O4/c1-14-4-7(13)3-9(14)11(16)15(2)10-6-19-5-8(10)12(17)18/h3-4,8,10H,5-6H2,1-2H3,(H,17,18). The van der Waals surface area contributed by atoms with Gasteiger partial charge in [-0.1, -0.05) is 11.6 Å². The molecule has 2 rings (SSSR count). The van der Waals surface area contributed by atoms with Crippen molar-refractivity contribution in [1.29, 1.82) is 0 Å². The Hall–Kier alpha value is -1.53. The molecule has 1 saturated heterocycles. The van der Waals surface area contributed by atoms with Crippen molar-refractivity contribution in [1.82, 2.24) is 9.47 Å². The van der Waals surface area contributed by atoms with Crippen LogP contribution in [0.2, 0.25) is 5.02 Å². The highest BCUT2D eigenvalue weighted by Gasteiger charge is 2.39. The van der Waals surface area contributed by atoms with Crippen LogP contribution in [0.3, 0.4) is 0 Å². The minimum atomic E-state index is -0.952. The predicted octanol–water partition coefficient (Wildman–Crippen LogP) is 0.850. The number of aliphatic carboxylic acids is 1. The molecule has 1 aromatic heterocycles. The summed E-state index contributed by atoms with van der Waals surface area (Å²) in [7, 11) is 3.30. The van der Waals surface area contributed by atoms with Gasteiger partial charge in [0.2, 0.25) is 0 Å². The van der Waals surface area contributed by atoms with Crippen molar-refractivity contribution >= 4 is 23.5 Å². The lowest BCUT2D eigenvalue weighted by Crippen LogP contribution is -2.44. The number of carboxylic acid groups (broad SMARTS) is 1. The molecule has 1 aliphatic rings. The van der Waals surface area contributed by atoms with Gasteiger partial charge in [-0.05, 0) is 6.07 Å². The number of rotatable bonds is 3. The molecule has 0 aliphatic carbocycles. The molecule has 1 N–H and O–H groups in total. The number of hydrogen-bond acceptors (Lipinski definition) is 3. The highest BCUT2D eigenvalue weighted by molar-refractivity contribution is 6.31. The van der Waals surface area contributed by atoms with E-state index >= 15 is 0 Å². The molecule has 19 heavy (non-hydrogen) atoms. The molecule has 1 aromatic rings. The lowest BCUT2D eigenvalue weighted by atomic mass is 10.0. The summed E-state index contributed by atoms with van der Waals surface area (Å²) < 4.78 is 6.78. The Labute approximate surface area is 115 Å². The number of aromatic nitrogens is 1. The third-order valence-corrected chi connectivity index (χ3v) is 3.58. The fourth-order valence-electron chi connectivity index (χ4n) is 2.23. The van der Waals surface area contributed by atoms with E-state index < -0.39 is 17.9 Å². The highest BCUT2D eigenvalue weighted by atomic mass is 35.5. The van der Waals surface area contributed by atoms with Crippen LogP contribution in [0.4, 0.5) is 0 Å². The van der Waals surface area contributed by atoms with Crippen LogP contribution in [0.15, 0.2) is 12.3 Å². The van der Waals surface area contributed by atoms with E-state index in [1.54, 1.807) is 30.9 Å². The van der Waals surface area contributed by atoms with Gasteiger partial charge < -0.3 is 19.3 Å². The number of ether oxygens (including phenoxy) is 1. The predicted molar refractivity (Wildman–Crippen MR) is 68.2 cm³/mol. The van der Waals surface area contributed by atoms with Gasteiger partial charge in [0.15, 0.2) is 0 Å². The SMILES string of the molecule is CN(C(=O)c1cc(Cl)cn1C)C1COCC1C(=O)O. The molecule has 2 heterocycles. The highest BCUT2D eigenvalue weighted by Crippen LogP contribution is 2.22. The van der Waals surface area contributed by atoms with Crippen molar-refractivity contribution < 1.29 is 19.4 Å². The third kappa shape index (κ3) is 2.59. The molecular weight excluding hydrogens is 272 g/mol. The summed E-state index contributed by atoms with van der Waals surface area (Å²) in [5.74, 6) is -1.91. The number of nitrogens with zero attached hydrogens (tertiary/aromatic N) is 2. The van der Waals surface area contributed by atoms with Crippen LogP contribution < -0.4 is 0 Å². The second-order valence-corrected chi connectivity index (χ2v) is 5.06. The summed E-state index contributed by atoms with van der Waals surface area (Å²) in [5, 5.41) is 9.57. The van der Waals surface area contributed by atoms with E-state index in [-0.39, 0.29) is 19.1 Å². The zero-order chi connectivity index (χ0) is 14.2. The van der Waals surface area contributed by atoms with E-state index in [4.69, 9.17) is 21.4 Å². The third-order valence-electron chi connectivity index (χ3n) is 3.38. The van der Waals surface area contributed by atoms with E-state index in [1.165, 1.54) is 4.90 Å². The maximum Gasteiger partial charge on any atom is 0.311 e. The largest absolute Gasteiger partial charge is 0.481 e. The van der Waals surface area contributed by atoms with Gasteiger partial charge in [-0.3, -0.25) is 9.59 Å². The number of amides is 1. The molecule has 2 atom stereocenters. The van der Waals surface area contributed by atoms with Gasteiger partial charge in [-0.15, -0.1) is 0 Å². The van der Waals surface area contributed by atoms with Crippen LogP contribution in [0.1, 0.15) is 10.5 Å². The summed E-state index contributed by atoms with van der Waals surface area (Å²) in [4.78, 5) is 24.8. The Morgan fingerprint density at radius 2 is 2.21 bits per heavy atom. The summed E-state index contributed by atoms with van der Waals surface area (Å²) in [6, 6.07) is 1.10. The monoisotopic (exact) mass is 286 g/mol. The van der Waals surface area contributed by atoms with Gasteiger partial charge in [0.25, 0.3) is 5.91 Å². The van der Waals surface area contributed by atoms with Crippen molar-refractivity contribution in [3.63, 3.8) is 0 Å². The van der Waals surface area contributed by atoms with Crippen LogP contribution in [-0.4, -0.2) is 52.8 Å². The average molecular weight is 287 g/mol. The number of hydrogen-bond donors (Lipinski definition) is 1. The molecule has 0 spiro atoms. The molecular formula is C12H15ClN2O4. The summed E-state index contributed by atoms with van der Waals surface area (Å²) in [5.41, 5.74) is 0.420. The maximum absolute atomic E-state index is 12.3. The van der Waals surface area contributed by atoms with Gasteiger partial charge in [-0.2, -0.15) is 0 Å².